The molecule has 0 fully saturated rings. The van der Waals surface area contributed by atoms with Crippen molar-refractivity contribution in [2.24, 2.45) is 0 Å². The summed E-state index contributed by atoms with van der Waals surface area (Å²) in [6, 6.07) is 0. The average Bonchev–Trinajstić information content (AvgIpc) is 3.37. The summed E-state index contributed by atoms with van der Waals surface area (Å²) in [6.45, 7) is 6.14. The zero-order valence-electron chi connectivity index (χ0n) is 44.9. The Morgan fingerprint density at radius 1 is 0.296 bits per heavy atom. The summed E-state index contributed by atoms with van der Waals surface area (Å²) < 4.78 is 16.7. The minimum Gasteiger partial charge on any atom is -0.462 e. The summed E-state index contributed by atoms with van der Waals surface area (Å²) in [7, 11) is 0. The lowest BCUT2D eigenvalue weighted by atomic mass is 10.1. The molecule has 0 radical (unpaired) electrons. The predicted molar refractivity (Wildman–Crippen MR) is 306 cm³/mol. The van der Waals surface area contributed by atoms with Crippen molar-refractivity contribution in [3.8, 4) is 0 Å². The van der Waals surface area contributed by atoms with Gasteiger partial charge in [0.25, 0.3) is 0 Å². The fourth-order valence-corrected chi connectivity index (χ4v) is 6.71. The second-order valence-corrected chi connectivity index (χ2v) is 17.4. The minimum absolute atomic E-state index is 0.108. The van der Waals surface area contributed by atoms with Crippen LogP contribution in [0.1, 0.15) is 201 Å². The lowest BCUT2D eigenvalue weighted by Gasteiger charge is -2.18. The van der Waals surface area contributed by atoms with Crippen molar-refractivity contribution in [3.05, 3.63) is 170 Å². The van der Waals surface area contributed by atoms with E-state index >= 15 is 0 Å². The highest BCUT2D eigenvalue weighted by molar-refractivity contribution is 5.72. The zero-order valence-corrected chi connectivity index (χ0v) is 44.9. The van der Waals surface area contributed by atoms with E-state index in [1.165, 1.54) is 12.8 Å². The van der Waals surface area contributed by atoms with Gasteiger partial charge in [-0.2, -0.15) is 0 Å². The van der Waals surface area contributed by atoms with Crippen LogP contribution >= 0.6 is 0 Å². The first kappa shape index (κ1) is 65.8. The second-order valence-electron chi connectivity index (χ2n) is 17.4. The van der Waals surface area contributed by atoms with E-state index in [1.54, 1.807) is 6.08 Å². The number of esters is 3. The molecule has 0 aliphatic rings. The molecule has 0 bridgehead atoms. The number of hydrogen-bond acceptors (Lipinski definition) is 6. The van der Waals surface area contributed by atoms with Crippen molar-refractivity contribution in [2.75, 3.05) is 13.2 Å². The largest absolute Gasteiger partial charge is 0.462 e. The van der Waals surface area contributed by atoms with Crippen LogP contribution in [0.4, 0.5) is 0 Å². The molecule has 0 aromatic heterocycles. The highest BCUT2D eigenvalue weighted by Crippen LogP contribution is 2.12. The number of carbonyl (C=O) groups is 3. The molecule has 6 nitrogen and oxygen atoms in total. The predicted octanol–water partition coefficient (Wildman–Crippen LogP) is 18.8. The first-order valence-corrected chi connectivity index (χ1v) is 27.6. The Kier molecular flexibility index (Phi) is 53.1. The van der Waals surface area contributed by atoms with Gasteiger partial charge in [-0.15, -0.1) is 0 Å². The molecule has 0 aliphatic heterocycles. The van der Waals surface area contributed by atoms with Crippen LogP contribution in [0, 0.1) is 0 Å². The van der Waals surface area contributed by atoms with Gasteiger partial charge in [0, 0.05) is 12.8 Å². The molecule has 6 heteroatoms. The van der Waals surface area contributed by atoms with E-state index in [-0.39, 0.29) is 38.0 Å². The normalized spacial score (nSPS) is 13.5. The fraction of sp³-hybridized carbons (Fsp3) is 0.523. The number of carbonyl (C=O) groups excluding carboxylic acids is 3. The molecule has 0 saturated carbocycles. The minimum atomic E-state index is -0.850. The maximum Gasteiger partial charge on any atom is 0.309 e. The highest BCUT2D eigenvalue weighted by Gasteiger charge is 2.19. The van der Waals surface area contributed by atoms with Gasteiger partial charge in [0.05, 0.1) is 6.42 Å². The van der Waals surface area contributed by atoms with Crippen molar-refractivity contribution in [1.29, 1.82) is 0 Å². The summed E-state index contributed by atoms with van der Waals surface area (Å²) in [4.78, 5) is 38.1. The van der Waals surface area contributed by atoms with Crippen LogP contribution in [0.5, 0.6) is 0 Å². The summed E-state index contributed by atoms with van der Waals surface area (Å²) in [5.74, 6) is -1.13. The van der Waals surface area contributed by atoms with Crippen LogP contribution in [-0.2, 0) is 28.6 Å². The Hall–Kier alpha value is -5.23. The van der Waals surface area contributed by atoms with Gasteiger partial charge in [-0.25, -0.2) is 0 Å². The molecular weight excluding hydrogens is 877 g/mol. The van der Waals surface area contributed by atoms with Crippen LogP contribution in [0.25, 0.3) is 0 Å². The van der Waals surface area contributed by atoms with E-state index in [4.69, 9.17) is 14.2 Å². The third kappa shape index (κ3) is 55.6. The second kappa shape index (κ2) is 57.3. The molecule has 1 unspecified atom stereocenters. The molecule has 0 aromatic rings. The highest BCUT2D eigenvalue weighted by atomic mass is 16.6. The summed E-state index contributed by atoms with van der Waals surface area (Å²) in [5.41, 5.74) is 0. The lowest BCUT2D eigenvalue weighted by molar-refractivity contribution is -0.166. The molecule has 0 aliphatic carbocycles. The van der Waals surface area contributed by atoms with Crippen molar-refractivity contribution >= 4 is 17.9 Å². The molecule has 0 N–H and O–H groups in total. The fourth-order valence-electron chi connectivity index (χ4n) is 6.71. The molecule has 394 valence electrons. The smallest absolute Gasteiger partial charge is 0.309 e. The number of unbranched alkanes of at least 4 members (excludes halogenated alkanes) is 9. The number of allylic oxidation sites excluding steroid dienone is 27. The summed E-state index contributed by atoms with van der Waals surface area (Å²) in [5, 5.41) is 0. The SMILES string of the molecule is CC/C=C\C/C=C\C/C=C\C/C=C\C/C=C\CCCCCC(=O)OCC(COC(=O)C/C=C\C/C=C\C/C=C\C/C=C\C/C=C\CC)OC(=O)CCCCCCCC/C=C\C/C=C\C/C=C\C/C=C\CC. The molecule has 71 heavy (non-hydrogen) atoms. The van der Waals surface area contributed by atoms with Crippen LogP contribution < -0.4 is 0 Å². The van der Waals surface area contributed by atoms with E-state index in [1.807, 2.05) is 6.08 Å². The number of hydrogen-bond donors (Lipinski definition) is 0. The Morgan fingerprint density at radius 2 is 0.563 bits per heavy atom. The third-order valence-electron chi connectivity index (χ3n) is 10.7. The number of rotatable bonds is 47. The Bertz CT molecular complexity index is 1690. The molecule has 0 spiro atoms. The zero-order chi connectivity index (χ0) is 51.4. The molecular formula is C65H98O6. The Labute approximate surface area is 434 Å². The first-order valence-electron chi connectivity index (χ1n) is 27.6. The van der Waals surface area contributed by atoms with Gasteiger partial charge < -0.3 is 14.2 Å². The molecule has 1 atom stereocenters. The van der Waals surface area contributed by atoms with Crippen molar-refractivity contribution in [3.63, 3.8) is 0 Å². The van der Waals surface area contributed by atoms with Crippen molar-refractivity contribution < 1.29 is 28.6 Å². The van der Waals surface area contributed by atoms with Crippen LogP contribution in [0.15, 0.2) is 170 Å². The van der Waals surface area contributed by atoms with Crippen LogP contribution in [0.3, 0.4) is 0 Å². The van der Waals surface area contributed by atoms with E-state index in [2.05, 4.69) is 179 Å². The van der Waals surface area contributed by atoms with Crippen molar-refractivity contribution in [1.82, 2.24) is 0 Å². The van der Waals surface area contributed by atoms with Gasteiger partial charge in [-0.1, -0.05) is 223 Å². The van der Waals surface area contributed by atoms with E-state index < -0.39 is 12.1 Å². The lowest BCUT2D eigenvalue weighted by Crippen LogP contribution is -2.30. The van der Waals surface area contributed by atoms with Gasteiger partial charge in [0.1, 0.15) is 13.2 Å². The van der Waals surface area contributed by atoms with Crippen LogP contribution in [0.2, 0.25) is 0 Å². The molecule has 0 rings (SSSR count). The Balaban J connectivity index is 4.62. The maximum atomic E-state index is 12.9. The maximum absolute atomic E-state index is 12.9. The molecule has 0 aromatic carbocycles. The quantitative estimate of drug-likeness (QED) is 0.0262. The topological polar surface area (TPSA) is 78.9 Å². The first-order chi connectivity index (χ1) is 35.0. The van der Waals surface area contributed by atoms with E-state index in [9.17, 15) is 14.4 Å². The summed E-state index contributed by atoms with van der Waals surface area (Å²) >= 11 is 0. The Morgan fingerprint density at radius 3 is 0.930 bits per heavy atom. The molecule has 0 amide bonds. The standard InChI is InChI=1S/C65H98O6/c1-4-7-10-13-16-19-22-25-28-30-32-34-37-40-43-46-49-52-55-58-64(67)70-61-62(60-69-63(66)57-54-51-48-45-42-39-36-27-24-21-18-15-12-9-6-3)71-65(68)59-56-53-50-47-44-41-38-35-33-31-29-26-23-20-17-14-11-8-5-2/h7-12,16-21,25-29,32-36,40,42-43,45,51,54,62H,4-6,13-15,22-24,30-31,37-39,41,44,46-50,52-53,55-61H2,1-3H3/b10-7-,11-8-,12-9-,19-16-,20-17-,21-18-,28-25-,29-26-,34-32-,35-33-,36-27-,43-40-,45-42-,54-51-. The van der Waals surface area contributed by atoms with Gasteiger partial charge >= 0.3 is 17.9 Å². The van der Waals surface area contributed by atoms with Crippen LogP contribution in [-0.4, -0.2) is 37.2 Å². The third-order valence-corrected chi connectivity index (χ3v) is 10.7. The van der Waals surface area contributed by atoms with Gasteiger partial charge in [-0.05, 0) is 128 Å². The van der Waals surface area contributed by atoms with Gasteiger partial charge in [-0.3, -0.25) is 14.4 Å². The average molecular weight is 975 g/mol. The monoisotopic (exact) mass is 975 g/mol. The van der Waals surface area contributed by atoms with E-state index in [0.717, 1.165) is 148 Å². The molecule has 0 heterocycles. The summed E-state index contributed by atoms with van der Waals surface area (Å²) in [6.07, 6.45) is 85.0. The van der Waals surface area contributed by atoms with E-state index in [0.29, 0.717) is 6.42 Å². The van der Waals surface area contributed by atoms with Gasteiger partial charge in [0.2, 0.25) is 0 Å². The van der Waals surface area contributed by atoms with Gasteiger partial charge in [0.15, 0.2) is 6.10 Å². The molecule has 0 saturated heterocycles. The van der Waals surface area contributed by atoms with Crippen molar-refractivity contribution in [2.45, 2.75) is 207 Å². The number of ether oxygens (including phenoxy) is 3.